The first-order valence-corrected chi connectivity index (χ1v) is 6.46. The van der Waals surface area contributed by atoms with Crippen molar-refractivity contribution in [2.45, 2.75) is 6.54 Å². The van der Waals surface area contributed by atoms with Gasteiger partial charge in [0.05, 0.1) is 6.54 Å². The van der Waals surface area contributed by atoms with Crippen LogP contribution >= 0.6 is 11.6 Å². The summed E-state index contributed by atoms with van der Waals surface area (Å²) in [6.07, 6.45) is 3.00. The van der Waals surface area contributed by atoms with Crippen molar-refractivity contribution in [1.82, 2.24) is 5.32 Å². The van der Waals surface area contributed by atoms with E-state index in [-0.39, 0.29) is 18.2 Å². The smallest absolute Gasteiger partial charge is 0.371 e. The number of carbonyl (C=O) groups is 2. The predicted octanol–water partition coefficient (Wildman–Crippen LogP) is 2.96. The summed E-state index contributed by atoms with van der Waals surface area (Å²) >= 11 is 5.83. The maximum Gasteiger partial charge on any atom is 0.371 e. The first-order valence-electron chi connectivity index (χ1n) is 6.08. The summed E-state index contributed by atoms with van der Waals surface area (Å²) in [7, 11) is 0. The lowest BCUT2D eigenvalue weighted by molar-refractivity contribution is -0.116. The topological polar surface area (TPSA) is 79.5 Å². The Morgan fingerprint density at radius 1 is 1.29 bits per heavy atom. The third kappa shape index (κ3) is 4.50. The molecule has 0 aliphatic heterocycles. The van der Waals surface area contributed by atoms with Crippen LogP contribution in [0, 0.1) is 0 Å². The summed E-state index contributed by atoms with van der Waals surface area (Å²) in [5.41, 5.74) is 0.809. The van der Waals surface area contributed by atoms with Crippen molar-refractivity contribution in [2.24, 2.45) is 0 Å². The number of furan rings is 1. The molecule has 2 aromatic rings. The van der Waals surface area contributed by atoms with Gasteiger partial charge in [0.1, 0.15) is 5.76 Å². The van der Waals surface area contributed by atoms with Gasteiger partial charge in [-0.05, 0) is 35.9 Å². The van der Waals surface area contributed by atoms with Crippen molar-refractivity contribution in [3.05, 3.63) is 64.6 Å². The van der Waals surface area contributed by atoms with E-state index in [0.29, 0.717) is 10.8 Å². The first kappa shape index (κ1) is 14.9. The Morgan fingerprint density at radius 3 is 2.76 bits per heavy atom. The normalized spacial score (nSPS) is 10.7. The molecule has 1 aromatic heterocycles. The molecule has 0 unspecified atom stereocenters. The number of aromatic carboxylic acids is 1. The fourth-order valence-corrected chi connectivity index (χ4v) is 1.80. The molecule has 0 aliphatic rings. The van der Waals surface area contributed by atoms with E-state index in [1.54, 1.807) is 24.3 Å². The third-order valence-electron chi connectivity index (χ3n) is 2.59. The minimum Gasteiger partial charge on any atom is -0.475 e. The van der Waals surface area contributed by atoms with Crippen molar-refractivity contribution in [2.75, 3.05) is 0 Å². The van der Waals surface area contributed by atoms with Crippen LogP contribution in [0.3, 0.4) is 0 Å². The van der Waals surface area contributed by atoms with E-state index in [2.05, 4.69) is 5.32 Å². The molecular formula is C15H12ClNO4. The second kappa shape index (κ2) is 6.76. The second-order valence-electron chi connectivity index (χ2n) is 4.18. The first-order chi connectivity index (χ1) is 10.0. The summed E-state index contributed by atoms with van der Waals surface area (Å²) in [6, 6.07) is 9.93. The summed E-state index contributed by atoms with van der Waals surface area (Å²) in [5.74, 6) is -1.25. The molecule has 2 N–H and O–H groups in total. The number of amides is 1. The summed E-state index contributed by atoms with van der Waals surface area (Å²) < 4.78 is 5.02. The molecule has 0 fully saturated rings. The zero-order valence-electron chi connectivity index (χ0n) is 10.9. The van der Waals surface area contributed by atoms with Crippen LogP contribution in [0.5, 0.6) is 0 Å². The number of carboxylic acid groups (broad SMARTS) is 1. The average Bonchev–Trinajstić information content (AvgIpc) is 2.92. The Morgan fingerprint density at radius 2 is 2.10 bits per heavy atom. The van der Waals surface area contributed by atoms with E-state index in [1.807, 2.05) is 6.07 Å². The minimum absolute atomic E-state index is 0.117. The van der Waals surface area contributed by atoms with Crippen molar-refractivity contribution in [3.63, 3.8) is 0 Å². The number of hydrogen-bond donors (Lipinski definition) is 2. The highest BCUT2D eigenvalue weighted by molar-refractivity contribution is 6.30. The third-order valence-corrected chi connectivity index (χ3v) is 2.82. The Bertz CT molecular complexity index is 690. The van der Waals surface area contributed by atoms with Crippen LogP contribution in [0.4, 0.5) is 0 Å². The molecule has 1 aromatic carbocycles. The summed E-state index contributed by atoms with van der Waals surface area (Å²) in [4.78, 5) is 22.3. The number of carbonyl (C=O) groups excluding carboxylic acids is 1. The van der Waals surface area contributed by atoms with Gasteiger partial charge in [-0.3, -0.25) is 4.79 Å². The minimum atomic E-state index is -1.14. The van der Waals surface area contributed by atoms with Crippen LogP contribution in [-0.2, 0) is 11.3 Å². The SMILES string of the molecule is O=C(/C=C/c1cccc(Cl)c1)NCc1ccc(C(=O)O)o1. The molecular weight excluding hydrogens is 294 g/mol. The molecule has 0 bridgehead atoms. The van der Waals surface area contributed by atoms with Crippen molar-refractivity contribution < 1.29 is 19.1 Å². The maximum absolute atomic E-state index is 11.6. The molecule has 21 heavy (non-hydrogen) atoms. The highest BCUT2D eigenvalue weighted by atomic mass is 35.5. The molecule has 6 heteroatoms. The largest absolute Gasteiger partial charge is 0.475 e. The van der Waals surface area contributed by atoms with Gasteiger partial charge in [0.2, 0.25) is 11.7 Å². The zero-order chi connectivity index (χ0) is 15.2. The summed E-state index contributed by atoms with van der Waals surface area (Å²) in [6.45, 7) is 0.117. The number of benzene rings is 1. The number of carboxylic acids is 1. The van der Waals surface area contributed by atoms with E-state index in [1.165, 1.54) is 18.2 Å². The molecule has 0 saturated carbocycles. The van der Waals surface area contributed by atoms with Crippen molar-refractivity contribution in [1.29, 1.82) is 0 Å². The van der Waals surface area contributed by atoms with Crippen LogP contribution in [0.15, 0.2) is 46.9 Å². The van der Waals surface area contributed by atoms with Crippen LogP contribution < -0.4 is 5.32 Å². The van der Waals surface area contributed by atoms with Gasteiger partial charge in [-0.1, -0.05) is 23.7 Å². The fourth-order valence-electron chi connectivity index (χ4n) is 1.60. The molecule has 1 heterocycles. The van der Waals surface area contributed by atoms with Gasteiger partial charge in [0.15, 0.2) is 0 Å². The van der Waals surface area contributed by atoms with Crippen LogP contribution in [0.25, 0.3) is 6.08 Å². The molecule has 0 saturated heterocycles. The number of halogens is 1. The molecule has 5 nitrogen and oxygen atoms in total. The second-order valence-corrected chi connectivity index (χ2v) is 4.61. The maximum atomic E-state index is 11.6. The Kier molecular flexibility index (Phi) is 4.79. The van der Waals surface area contributed by atoms with E-state index >= 15 is 0 Å². The Balaban J connectivity index is 1.88. The van der Waals surface area contributed by atoms with E-state index in [9.17, 15) is 9.59 Å². The van der Waals surface area contributed by atoms with Crippen LogP contribution in [0.1, 0.15) is 21.9 Å². The summed E-state index contributed by atoms with van der Waals surface area (Å²) in [5, 5.41) is 11.9. The van der Waals surface area contributed by atoms with Gasteiger partial charge in [-0.15, -0.1) is 0 Å². The van der Waals surface area contributed by atoms with E-state index < -0.39 is 5.97 Å². The van der Waals surface area contributed by atoms with Gasteiger partial charge in [-0.2, -0.15) is 0 Å². The molecule has 108 valence electrons. The van der Waals surface area contributed by atoms with Gasteiger partial charge >= 0.3 is 5.97 Å². The molecule has 0 spiro atoms. The quantitative estimate of drug-likeness (QED) is 0.832. The van der Waals surface area contributed by atoms with Gasteiger partial charge < -0.3 is 14.8 Å². The lowest BCUT2D eigenvalue weighted by Crippen LogP contribution is -2.19. The van der Waals surface area contributed by atoms with Crippen LogP contribution in [-0.4, -0.2) is 17.0 Å². The highest BCUT2D eigenvalue weighted by Crippen LogP contribution is 2.11. The molecule has 2 rings (SSSR count). The highest BCUT2D eigenvalue weighted by Gasteiger charge is 2.08. The average molecular weight is 306 g/mol. The van der Waals surface area contributed by atoms with E-state index in [0.717, 1.165) is 5.56 Å². The number of nitrogens with one attached hydrogen (secondary N) is 1. The Labute approximate surface area is 125 Å². The molecule has 0 radical (unpaired) electrons. The monoisotopic (exact) mass is 305 g/mol. The molecule has 0 aliphatic carbocycles. The zero-order valence-corrected chi connectivity index (χ0v) is 11.6. The van der Waals surface area contributed by atoms with Crippen molar-refractivity contribution >= 4 is 29.6 Å². The van der Waals surface area contributed by atoms with Crippen molar-refractivity contribution in [3.8, 4) is 0 Å². The molecule has 1 amide bonds. The lowest BCUT2D eigenvalue weighted by atomic mass is 10.2. The fraction of sp³-hybridized carbons (Fsp3) is 0.0667. The van der Waals surface area contributed by atoms with E-state index in [4.69, 9.17) is 21.1 Å². The predicted molar refractivity (Wildman–Crippen MR) is 78.0 cm³/mol. The van der Waals surface area contributed by atoms with Gasteiger partial charge in [-0.25, -0.2) is 4.79 Å². The van der Waals surface area contributed by atoms with Gasteiger partial charge in [0, 0.05) is 11.1 Å². The number of rotatable bonds is 5. The Hall–Kier alpha value is -2.53. The lowest BCUT2D eigenvalue weighted by Gasteiger charge is -1.99. The number of hydrogen-bond acceptors (Lipinski definition) is 3. The standard InChI is InChI=1S/C15H12ClNO4/c16-11-3-1-2-10(8-11)4-7-14(18)17-9-12-5-6-13(21-12)15(19)20/h1-8H,9H2,(H,17,18)(H,19,20)/b7-4+. The van der Waals surface area contributed by atoms with Crippen LogP contribution in [0.2, 0.25) is 5.02 Å². The molecule has 0 atom stereocenters. The van der Waals surface area contributed by atoms with Gasteiger partial charge in [0.25, 0.3) is 0 Å².